The SMILES string of the molecule is Cc1ncccc1Oc1ncc(Cl)cc1NS(=O)(=O)c1ccc(Cl)c(Cl)c1Cl. The van der Waals surface area contributed by atoms with Crippen molar-refractivity contribution < 1.29 is 13.2 Å². The minimum atomic E-state index is -4.14. The number of anilines is 1. The Kier molecular flexibility index (Phi) is 6.21. The molecule has 0 radical (unpaired) electrons. The molecular formula is C17H11Cl4N3O3S. The average molecular weight is 479 g/mol. The van der Waals surface area contributed by atoms with E-state index in [0.29, 0.717) is 11.4 Å². The number of rotatable bonds is 5. The maximum atomic E-state index is 12.8. The van der Waals surface area contributed by atoms with Crippen LogP contribution in [0.25, 0.3) is 0 Å². The summed E-state index contributed by atoms with van der Waals surface area (Å²) in [6, 6.07) is 7.28. The molecule has 1 N–H and O–H groups in total. The van der Waals surface area contributed by atoms with Gasteiger partial charge < -0.3 is 4.74 Å². The average Bonchev–Trinajstić information content (AvgIpc) is 2.63. The third-order valence-electron chi connectivity index (χ3n) is 3.52. The summed E-state index contributed by atoms with van der Waals surface area (Å²) in [5.74, 6) is 0.394. The van der Waals surface area contributed by atoms with Gasteiger partial charge in [0.2, 0.25) is 5.88 Å². The Balaban J connectivity index is 2.01. The van der Waals surface area contributed by atoms with E-state index in [4.69, 9.17) is 51.1 Å². The minimum Gasteiger partial charge on any atom is -0.435 e. The van der Waals surface area contributed by atoms with Gasteiger partial charge in [0.1, 0.15) is 10.6 Å². The van der Waals surface area contributed by atoms with Crippen molar-refractivity contribution in [1.82, 2.24) is 9.97 Å². The van der Waals surface area contributed by atoms with Crippen LogP contribution >= 0.6 is 46.4 Å². The van der Waals surface area contributed by atoms with Crippen molar-refractivity contribution in [3.8, 4) is 11.6 Å². The zero-order valence-electron chi connectivity index (χ0n) is 14.1. The first-order valence-corrected chi connectivity index (χ1v) is 10.6. The van der Waals surface area contributed by atoms with Crippen molar-refractivity contribution in [1.29, 1.82) is 0 Å². The van der Waals surface area contributed by atoms with Gasteiger partial charge in [-0.15, -0.1) is 0 Å². The number of hydrogen-bond acceptors (Lipinski definition) is 5. The maximum absolute atomic E-state index is 12.8. The molecule has 0 saturated carbocycles. The van der Waals surface area contributed by atoms with Crippen LogP contribution in [0.1, 0.15) is 5.69 Å². The molecule has 0 atom stereocenters. The van der Waals surface area contributed by atoms with Crippen LogP contribution in [-0.2, 0) is 10.0 Å². The predicted molar refractivity (Wildman–Crippen MR) is 111 cm³/mol. The summed E-state index contributed by atoms with van der Waals surface area (Å²) in [7, 11) is -4.14. The summed E-state index contributed by atoms with van der Waals surface area (Å²) < 4.78 is 33.7. The van der Waals surface area contributed by atoms with E-state index in [1.54, 1.807) is 25.3 Å². The van der Waals surface area contributed by atoms with E-state index < -0.39 is 10.0 Å². The fraction of sp³-hybridized carbons (Fsp3) is 0.0588. The summed E-state index contributed by atoms with van der Waals surface area (Å²) in [6.07, 6.45) is 2.93. The van der Waals surface area contributed by atoms with Crippen LogP contribution in [0.3, 0.4) is 0 Å². The summed E-state index contributed by atoms with van der Waals surface area (Å²) in [5.41, 5.74) is 0.610. The monoisotopic (exact) mass is 477 g/mol. The molecule has 11 heteroatoms. The van der Waals surface area contributed by atoms with Crippen molar-refractivity contribution in [2.45, 2.75) is 11.8 Å². The summed E-state index contributed by atoms with van der Waals surface area (Å²) >= 11 is 23.8. The molecular weight excluding hydrogens is 468 g/mol. The van der Waals surface area contributed by atoms with Crippen LogP contribution < -0.4 is 9.46 Å². The van der Waals surface area contributed by atoms with Gasteiger partial charge >= 0.3 is 0 Å². The maximum Gasteiger partial charge on any atom is 0.263 e. The van der Waals surface area contributed by atoms with E-state index in [1.165, 1.54) is 24.4 Å². The molecule has 2 heterocycles. The van der Waals surface area contributed by atoms with Crippen molar-refractivity contribution in [2.24, 2.45) is 0 Å². The second-order valence-corrected chi connectivity index (χ2v) is 8.72. The van der Waals surface area contributed by atoms with Gasteiger partial charge in [-0.3, -0.25) is 9.71 Å². The largest absolute Gasteiger partial charge is 0.435 e. The molecule has 0 spiro atoms. The number of halogens is 4. The Hall–Kier alpha value is -1.77. The molecule has 0 aliphatic carbocycles. The van der Waals surface area contributed by atoms with Gasteiger partial charge in [-0.1, -0.05) is 46.4 Å². The van der Waals surface area contributed by atoms with Gasteiger partial charge in [0.05, 0.1) is 25.8 Å². The van der Waals surface area contributed by atoms with Crippen molar-refractivity contribution >= 4 is 62.1 Å². The van der Waals surface area contributed by atoms with Gasteiger partial charge in [-0.25, -0.2) is 13.4 Å². The number of pyridine rings is 2. The highest BCUT2D eigenvalue weighted by Gasteiger charge is 2.23. The normalized spacial score (nSPS) is 11.3. The lowest BCUT2D eigenvalue weighted by molar-refractivity contribution is 0.459. The number of benzene rings is 1. The number of hydrogen-bond donors (Lipinski definition) is 1. The zero-order valence-corrected chi connectivity index (χ0v) is 17.9. The smallest absolute Gasteiger partial charge is 0.263 e. The van der Waals surface area contributed by atoms with Gasteiger partial charge in [0.15, 0.2) is 5.75 Å². The Morgan fingerprint density at radius 2 is 1.79 bits per heavy atom. The lowest BCUT2D eigenvalue weighted by Crippen LogP contribution is -2.14. The molecule has 0 fully saturated rings. The standard InChI is InChI=1S/C17H11Cl4N3O3S/c1-9-13(3-2-6-22-9)27-17-12(7-10(18)8-23-17)24-28(25,26)14-5-4-11(19)15(20)16(14)21/h2-8,24H,1H3. The molecule has 0 saturated heterocycles. The highest BCUT2D eigenvalue weighted by Crippen LogP contribution is 2.37. The van der Waals surface area contributed by atoms with Crippen LogP contribution in [0.15, 0.2) is 47.6 Å². The number of sulfonamides is 1. The highest BCUT2D eigenvalue weighted by molar-refractivity contribution is 7.92. The van der Waals surface area contributed by atoms with Gasteiger partial charge in [0.25, 0.3) is 10.0 Å². The van der Waals surface area contributed by atoms with E-state index in [2.05, 4.69) is 14.7 Å². The van der Waals surface area contributed by atoms with Gasteiger partial charge in [-0.2, -0.15) is 0 Å². The van der Waals surface area contributed by atoms with E-state index in [0.717, 1.165) is 0 Å². The molecule has 3 aromatic rings. The fourth-order valence-electron chi connectivity index (χ4n) is 2.18. The second-order valence-electron chi connectivity index (χ2n) is 5.47. The van der Waals surface area contributed by atoms with Gasteiger partial charge in [-0.05, 0) is 37.3 Å². The number of ether oxygens (including phenoxy) is 1. The number of nitrogens with zero attached hydrogens (tertiary/aromatic N) is 2. The molecule has 0 amide bonds. The van der Waals surface area contributed by atoms with Crippen LogP contribution in [0.4, 0.5) is 5.69 Å². The van der Waals surface area contributed by atoms with E-state index in [-0.39, 0.29) is 36.6 Å². The third-order valence-corrected chi connectivity index (χ3v) is 6.54. The zero-order chi connectivity index (χ0) is 20.5. The topological polar surface area (TPSA) is 81.2 Å². The Bertz CT molecular complexity index is 1160. The molecule has 0 aliphatic heterocycles. The summed E-state index contributed by atoms with van der Waals surface area (Å²) in [5, 5.41) is 0.0550. The summed E-state index contributed by atoms with van der Waals surface area (Å²) in [4.78, 5) is 7.91. The first-order valence-electron chi connectivity index (χ1n) is 7.60. The van der Waals surface area contributed by atoms with Crippen LogP contribution in [0.2, 0.25) is 20.1 Å². The summed E-state index contributed by atoms with van der Waals surface area (Å²) in [6.45, 7) is 1.74. The van der Waals surface area contributed by atoms with Crippen LogP contribution in [0, 0.1) is 6.92 Å². The molecule has 28 heavy (non-hydrogen) atoms. The van der Waals surface area contributed by atoms with Crippen LogP contribution in [0.5, 0.6) is 11.6 Å². The number of nitrogens with one attached hydrogen (secondary N) is 1. The van der Waals surface area contributed by atoms with E-state index in [1.807, 2.05) is 0 Å². The first kappa shape index (κ1) is 21.0. The molecule has 146 valence electrons. The Morgan fingerprint density at radius 3 is 2.50 bits per heavy atom. The van der Waals surface area contributed by atoms with Gasteiger partial charge in [0, 0.05) is 12.4 Å². The molecule has 2 aromatic heterocycles. The molecule has 0 aliphatic rings. The predicted octanol–water partition coefficient (Wildman–Crippen LogP) is 5.99. The second kappa shape index (κ2) is 8.31. The minimum absolute atomic E-state index is 0.0119. The van der Waals surface area contributed by atoms with Crippen LogP contribution in [-0.4, -0.2) is 18.4 Å². The molecule has 0 bridgehead atoms. The Morgan fingerprint density at radius 1 is 1.04 bits per heavy atom. The lowest BCUT2D eigenvalue weighted by Gasteiger charge is -2.14. The number of aromatic nitrogens is 2. The van der Waals surface area contributed by atoms with Crippen molar-refractivity contribution in [3.63, 3.8) is 0 Å². The molecule has 1 aromatic carbocycles. The third kappa shape index (κ3) is 4.45. The quantitative estimate of drug-likeness (QED) is 0.455. The first-order chi connectivity index (χ1) is 13.2. The van der Waals surface area contributed by atoms with E-state index in [9.17, 15) is 8.42 Å². The van der Waals surface area contributed by atoms with Crippen molar-refractivity contribution in [3.05, 3.63) is 68.5 Å². The van der Waals surface area contributed by atoms with Crippen molar-refractivity contribution in [2.75, 3.05) is 4.72 Å². The molecule has 6 nitrogen and oxygen atoms in total. The Labute approximate surface area is 181 Å². The fourth-order valence-corrected chi connectivity index (χ4v) is 4.36. The van der Waals surface area contributed by atoms with E-state index >= 15 is 0 Å². The molecule has 0 unspecified atom stereocenters. The molecule has 3 rings (SSSR count). The number of aryl methyl sites for hydroxylation is 1. The highest BCUT2D eigenvalue weighted by atomic mass is 35.5. The lowest BCUT2D eigenvalue weighted by atomic mass is 10.3.